The number of carbonyl (C=O) groups excluding carboxylic acids is 1. The standard InChI is InChI=1S/C24H18Cl2INO2/c1-2-28-22-6-4-3-5-18(22)19(24(28)29)11-15-7-10-23(21(27)12-15)30-14-16-8-9-17(25)13-20(16)26/h3-13H,2,14H2,1H3/b19-11-. The maximum absolute atomic E-state index is 12.9. The van der Waals surface area contributed by atoms with Crippen LogP contribution in [0, 0.1) is 3.57 Å². The van der Waals surface area contributed by atoms with Crippen molar-refractivity contribution >= 4 is 69.0 Å². The van der Waals surface area contributed by atoms with Crippen LogP contribution in [0.15, 0.2) is 60.7 Å². The van der Waals surface area contributed by atoms with E-state index in [1.807, 2.05) is 61.5 Å². The lowest BCUT2D eigenvalue weighted by Crippen LogP contribution is -2.25. The molecule has 0 saturated carbocycles. The number of carbonyl (C=O) groups is 1. The van der Waals surface area contributed by atoms with Crippen molar-refractivity contribution in [3.63, 3.8) is 0 Å². The van der Waals surface area contributed by atoms with E-state index in [1.165, 1.54) is 0 Å². The summed E-state index contributed by atoms with van der Waals surface area (Å²) in [5.41, 5.74) is 4.47. The fraction of sp³-hybridized carbons (Fsp3) is 0.125. The zero-order valence-corrected chi connectivity index (χ0v) is 19.8. The maximum Gasteiger partial charge on any atom is 0.258 e. The summed E-state index contributed by atoms with van der Waals surface area (Å²) in [6.07, 6.45) is 1.94. The van der Waals surface area contributed by atoms with Crippen molar-refractivity contribution in [2.24, 2.45) is 0 Å². The molecule has 0 N–H and O–H groups in total. The Hall–Kier alpha value is -2.02. The second-order valence-electron chi connectivity index (χ2n) is 6.84. The molecule has 3 aromatic carbocycles. The monoisotopic (exact) mass is 549 g/mol. The molecule has 0 saturated heterocycles. The molecule has 1 aliphatic rings. The number of para-hydroxylation sites is 1. The van der Waals surface area contributed by atoms with Gasteiger partial charge in [-0.15, -0.1) is 0 Å². The van der Waals surface area contributed by atoms with Crippen molar-refractivity contribution < 1.29 is 9.53 Å². The first-order chi connectivity index (χ1) is 14.5. The number of amides is 1. The van der Waals surface area contributed by atoms with E-state index in [-0.39, 0.29) is 5.91 Å². The predicted octanol–water partition coefficient (Wildman–Crippen LogP) is 7.08. The molecule has 4 rings (SSSR count). The number of ether oxygens (including phenoxy) is 1. The van der Waals surface area contributed by atoms with Gasteiger partial charge in [-0.3, -0.25) is 4.79 Å². The number of rotatable bonds is 5. The summed E-state index contributed by atoms with van der Waals surface area (Å²) >= 11 is 14.4. The Labute approximate surface area is 199 Å². The fourth-order valence-corrected chi connectivity index (χ4v) is 4.60. The summed E-state index contributed by atoms with van der Waals surface area (Å²) in [5.74, 6) is 0.795. The Kier molecular flexibility index (Phi) is 6.37. The smallest absolute Gasteiger partial charge is 0.258 e. The van der Waals surface area contributed by atoms with Crippen molar-refractivity contribution in [2.45, 2.75) is 13.5 Å². The van der Waals surface area contributed by atoms with Crippen LogP contribution < -0.4 is 9.64 Å². The fourth-order valence-electron chi connectivity index (χ4n) is 3.45. The van der Waals surface area contributed by atoms with Gasteiger partial charge in [0.05, 0.1) is 9.26 Å². The second-order valence-corrected chi connectivity index (χ2v) is 8.84. The van der Waals surface area contributed by atoms with E-state index < -0.39 is 0 Å². The topological polar surface area (TPSA) is 29.5 Å². The minimum absolute atomic E-state index is 0.0337. The van der Waals surface area contributed by atoms with Gasteiger partial charge in [-0.25, -0.2) is 0 Å². The van der Waals surface area contributed by atoms with Gasteiger partial charge in [0.25, 0.3) is 5.91 Å². The number of likely N-dealkylation sites (N-methyl/N-ethyl adjacent to an activating group) is 1. The van der Waals surface area contributed by atoms with Gasteiger partial charge >= 0.3 is 0 Å². The molecule has 0 atom stereocenters. The van der Waals surface area contributed by atoms with Crippen molar-refractivity contribution in [2.75, 3.05) is 11.4 Å². The van der Waals surface area contributed by atoms with E-state index >= 15 is 0 Å². The molecular weight excluding hydrogens is 532 g/mol. The molecule has 0 aliphatic carbocycles. The minimum Gasteiger partial charge on any atom is -0.488 e. The molecule has 0 fully saturated rings. The number of fused-ring (bicyclic) bond motifs is 1. The molecule has 152 valence electrons. The molecule has 1 amide bonds. The molecule has 0 unspecified atom stereocenters. The Balaban J connectivity index is 1.57. The quantitative estimate of drug-likeness (QED) is 0.251. The molecule has 0 radical (unpaired) electrons. The van der Waals surface area contributed by atoms with Crippen LogP contribution in [0.2, 0.25) is 10.0 Å². The number of anilines is 1. The molecule has 3 aromatic rings. The average Bonchev–Trinajstić information content (AvgIpc) is 2.99. The Morgan fingerprint density at radius 1 is 1.07 bits per heavy atom. The van der Waals surface area contributed by atoms with Crippen molar-refractivity contribution in [1.29, 1.82) is 0 Å². The van der Waals surface area contributed by atoms with Gasteiger partial charge < -0.3 is 9.64 Å². The van der Waals surface area contributed by atoms with Crippen molar-refractivity contribution in [1.82, 2.24) is 0 Å². The van der Waals surface area contributed by atoms with Crippen LogP contribution in [0.25, 0.3) is 11.6 Å². The number of hydrogen-bond acceptors (Lipinski definition) is 2. The van der Waals surface area contributed by atoms with Crippen LogP contribution in [-0.2, 0) is 11.4 Å². The van der Waals surface area contributed by atoms with E-state index in [4.69, 9.17) is 27.9 Å². The van der Waals surface area contributed by atoms with Gasteiger partial charge in [-0.05, 0) is 71.5 Å². The third-order valence-electron chi connectivity index (χ3n) is 4.94. The van der Waals surface area contributed by atoms with Crippen molar-refractivity contribution in [3.8, 4) is 5.75 Å². The summed E-state index contributed by atoms with van der Waals surface area (Å²) in [5, 5.41) is 1.18. The zero-order valence-electron chi connectivity index (χ0n) is 16.2. The average molecular weight is 550 g/mol. The van der Waals surface area contributed by atoms with Gasteiger partial charge in [-0.2, -0.15) is 0 Å². The first-order valence-corrected chi connectivity index (χ1v) is 11.3. The minimum atomic E-state index is 0.0337. The SMILES string of the molecule is CCN1C(=O)/C(=C\c2ccc(OCc3ccc(Cl)cc3Cl)c(I)c2)c2ccccc21. The first-order valence-electron chi connectivity index (χ1n) is 9.47. The van der Waals surface area contributed by atoms with Gasteiger partial charge in [0.15, 0.2) is 0 Å². The van der Waals surface area contributed by atoms with Crippen molar-refractivity contribution in [3.05, 3.63) is 91.0 Å². The molecule has 0 aromatic heterocycles. The summed E-state index contributed by atoms with van der Waals surface area (Å²) in [4.78, 5) is 14.7. The highest BCUT2D eigenvalue weighted by atomic mass is 127. The predicted molar refractivity (Wildman–Crippen MR) is 132 cm³/mol. The number of halogens is 3. The van der Waals surface area contributed by atoms with E-state index in [9.17, 15) is 4.79 Å². The molecule has 3 nitrogen and oxygen atoms in total. The van der Waals surface area contributed by atoms with E-state index in [2.05, 4.69) is 22.6 Å². The summed E-state index contributed by atoms with van der Waals surface area (Å²) < 4.78 is 6.91. The lowest BCUT2D eigenvalue weighted by Gasteiger charge is -2.13. The van der Waals surface area contributed by atoms with E-state index in [0.717, 1.165) is 31.7 Å². The Bertz CT molecular complexity index is 1160. The van der Waals surface area contributed by atoms with Crippen LogP contribution in [0.5, 0.6) is 5.75 Å². The van der Waals surface area contributed by atoms with E-state index in [0.29, 0.717) is 28.8 Å². The lowest BCUT2D eigenvalue weighted by atomic mass is 10.0. The Morgan fingerprint density at radius 2 is 1.87 bits per heavy atom. The molecule has 30 heavy (non-hydrogen) atoms. The summed E-state index contributed by atoms with van der Waals surface area (Å²) in [7, 11) is 0. The number of benzene rings is 3. The van der Waals surface area contributed by atoms with Gasteiger partial charge in [0.2, 0.25) is 0 Å². The molecule has 1 aliphatic heterocycles. The molecule has 0 bridgehead atoms. The molecule has 0 spiro atoms. The Morgan fingerprint density at radius 3 is 2.60 bits per heavy atom. The van der Waals surface area contributed by atoms with Gasteiger partial charge in [-0.1, -0.05) is 53.5 Å². The van der Waals surface area contributed by atoms with Crippen LogP contribution in [0.1, 0.15) is 23.6 Å². The lowest BCUT2D eigenvalue weighted by molar-refractivity contribution is -0.112. The number of hydrogen-bond donors (Lipinski definition) is 0. The highest BCUT2D eigenvalue weighted by molar-refractivity contribution is 14.1. The van der Waals surface area contributed by atoms with E-state index in [1.54, 1.807) is 17.0 Å². The summed E-state index contributed by atoms with van der Waals surface area (Å²) in [6.45, 7) is 2.98. The van der Waals surface area contributed by atoms with Gasteiger partial charge in [0.1, 0.15) is 12.4 Å². The van der Waals surface area contributed by atoms with Crippen LogP contribution >= 0.6 is 45.8 Å². The second kappa shape index (κ2) is 9.00. The zero-order chi connectivity index (χ0) is 21.3. The largest absolute Gasteiger partial charge is 0.488 e. The van der Waals surface area contributed by atoms with Gasteiger partial charge in [0, 0.05) is 33.3 Å². The number of nitrogens with zero attached hydrogens (tertiary/aromatic N) is 1. The molecular formula is C24H18Cl2INO2. The third kappa shape index (κ3) is 4.22. The maximum atomic E-state index is 12.9. The highest BCUT2D eigenvalue weighted by Crippen LogP contribution is 2.37. The summed E-state index contributed by atoms with van der Waals surface area (Å²) in [6, 6.07) is 19.1. The third-order valence-corrected chi connectivity index (χ3v) is 6.37. The first kappa shape index (κ1) is 21.2. The molecule has 1 heterocycles. The molecule has 6 heteroatoms. The van der Waals surface area contributed by atoms with Crippen LogP contribution in [-0.4, -0.2) is 12.5 Å². The normalized spacial score (nSPS) is 14.3. The van der Waals surface area contributed by atoms with Crippen LogP contribution in [0.4, 0.5) is 5.69 Å². The van der Waals surface area contributed by atoms with Crippen LogP contribution in [0.3, 0.4) is 0 Å². The highest BCUT2D eigenvalue weighted by Gasteiger charge is 2.30.